The quantitative estimate of drug-likeness (QED) is 0.721. The van der Waals surface area contributed by atoms with Crippen molar-refractivity contribution in [2.24, 2.45) is 5.14 Å². The molecule has 1 rings (SSSR count). The van der Waals surface area contributed by atoms with E-state index in [4.69, 9.17) is 10.2 Å². The topological polar surface area (TPSA) is 109 Å². The van der Waals surface area contributed by atoms with Crippen LogP contribution in [0.25, 0.3) is 0 Å². The molecule has 0 heterocycles. The highest BCUT2D eigenvalue weighted by Crippen LogP contribution is 2.34. The lowest BCUT2D eigenvalue weighted by Crippen LogP contribution is -2.55. The van der Waals surface area contributed by atoms with Crippen molar-refractivity contribution >= 4 is 21.7 Å². The van der Waals surface area contributed by atoms with Gasteiger partial charge in [-0.05, 0) is 25.1 Å². The summed E-state index contributed by atoms with van der Waals surface area (Å²) in [4.78, 5) is 10.1. The van der Waals surface area contributed by atoms with Crippen molar-refractivity contribution in [1.29, 1.82) is 0 Å². The van der Waals surface area contributed by atoms with Crippen LogP contribution in [0.1, 0.15) is 6.92 Å². The smallest absolute Gasteiger partial charge is 0.422 e. The molecule has 0 saturated carbocycles. The molecule has 0 fully saturated rings. The molecule has 0 aromatic heterocycles. The zero-order chi connectivity index (χ0) is 16.6. The van der Waals surface area contributed by atoms with E-state index < -0.39 is 44.1 Å². The molecule has 0 aliphatic carbocycles. The van der Waals surface area contributed by atoms with Gasteiger partial charge in [-0.3, -0.25) is 0 Å². The molecule has 11 heteroatoms. The fraction of sp³-hybridized carbons (Fsp3) is 0.300. The Morgan fingerprint density at radius 1 is 1.33 bits per heavy atom. The van der Waals surface area contributed by atoms with Crippen molar-refractivity contribution in [2.45, 2.75) is 23.5 Å². The largest absolute Gasteiger partial charge is 0.479 e. The third-order valence-corrected chi connectivity index (χ3v) is 3.56. The van der Waals surface area contributed by atoms with E-state index in [1.165, 1.54) is 5.32 Å². The molecular weight excluding hydrogens is 320 g/mol. The van der Waals surface area contributed by atoms with Crippen LogP contribution in [-0.2, 0) is 14.8 Å². The first-order chi connectivity index (χ1) is 9.29. The summed E-state index contributed by atoms with van der Waals surface area (Å²) in [5, 5.41) is 14.9. The number of halogens is 4. The molecule has 0 bridgehead atoms. The number of aliphatic carboxylic acids is 1. The van der Waals surface area contributed by atoms with Crippen LogP contribution in [0, 0.1) is 5.82 Å². The van der Waals surface area contributed by atoms with Crippen LogP contribution in [0.3, 0.4) is 0 Å². The van der Waals surface area contributed by atoms with Gasteiger partial charge in [0.15, 0.2) is 0 Å². The van der Waals surface area contributed by atoms with Gasteiger partial charge in [0.2, 0.25) is 15.6 Å². The molecule has 1 aromatic carbocycles. The second-order valence-electron chi connectivity index (χ2n) is 4.24. The Morgan fingerprint density at radius 3 is 2.19 bits per heavy atom. The molecule has 0 saturated heterocycles. The number of benzene rings is 1. The zero-order valence-corrected chi connectivity index (χ0v) is 11.2. The summed E-state index contributed by atoms with van der Waals surface area (Å²) in [6.45, 7) is 0.308. The number of alkyl halides is 3. The van der Waals surface area contributed by atoms with Crippen LogP contribution in [0.15, 0.2) is 23.1 Å². The number of carboxylic acids is 1. The van der Waals surface area contributed by atoms with E-state index >= 15 is 0 Å². The molecule has 1 unspecified atom stereocenters. The number of primary sulfonamides is 1. The molecule has 0 aliphatic heterocycles. The Balaban J connectivity index is 3.28. The Labute approximate surface area is 116 Å². The lowest BCUT2D eigenvalue weighted by atomic mass is 10.0. The number of sulfonamides is 1. The summed E-state index contributed by atoms with van der Waals surface area (Å²) in [5.74, 6) is -3.66. The lowest BCUT2D eigenvalue weighted by Gasteiger charge is -2.29. The highest BCUT2D eigenvalue weighted by molar-refractivity contribution is 7.89. The van der Waals surface area contributed by atoms with Crippen LogP contribution < -0.4 is 10.5 Å². The maximum Gasteiger partial charge on any atom is 0.422 e. The Morgan fingerprint density at radius 2 is 1.86 bits per heavy atom. The second kappa shape index (κ2) is 5.15. The number of hydrogen-bond acceptors (Lipinski definition) is 4. The van der Waals surface area contributed by atoms with Crippen LogP contribution in [-0.4, -0.2) is 31.2 Å². The minimum atomic E-state index is -5.22. The third-order valence-electron chi connectivity index (χ3n) is 2.65. The first kappa shape index (κ1) is 17.2. The first-order valence-electron chi connectivity index (χ1n) is 5.19. The number of carbonyl (C=O) groups is 1. The van der Waals surface area contributed by atoms with Gasteiger partial charge in [0.05, 0.1) is 10.6 Å². The summed E-state index contributed by atoms with van der Waals surface area (Å²) >= 11 is 0. The van der Waals surface area contributed by atoms with Crippen LogP contribution in [0.2, 0.25) is 0 Å². The van der Waals surface area contributed by atoms with Crippen molar-refractivity contribution in [3.63, 3.8) is 0 Å². The van der Waals surface area contributed by atoms with Gasteiger partial charge in [-0.15, -0.1) is 0 Å². The minimum absolute atomic E-state index is 0.308. The summed E-state index contributed by atoms with van der Waals surface area (Å²) in [6, 6.07) is 1.79. The van der Waals surface area contributed by atoms with Crippen molar-refractivity contribution in [3.05, 3.63) is 24.0 Å². The van der Waals surface area contributed by atoms with E-state index in [0.717, 1.165) is 6.07 Å². The number of rotatable bonds is 4. The zero-order valence-electron chi connectivity index (χ0n) is 10.4. The van der Waals surface area contributed by atoms with Gasteiger partial charge in [0.1, 0.15) is 5.82 Å². The molecule has 21 heavy (non-hydrogen) atoms. The van der Waals surface area contributed by atoms with Crippen molar-refractivity contribution in [1.82, 2.24) is 0 Å². The number of nitrogens with one attached hydrogen (secondary N) is 1. The molecule has 4 N–H and O–H groups in total. The van der Waals surface area contributed by atoms with Crippen LogP contribution in [0.4, 0.5) is 23.2 Å². The fourth-order valence-electron chi connectivity index (χ4n) is 1.29. The molecular formula is C10H10F4N2O4S. The number of anilines is 1. The Hall–Kier alpha value is -1.88. The predicted molar refractivity (Wildman–Crippen MR) is 63.5 cm³/mol. The average Bonchev–Trinajstić information content (AvgIpc) is 2.28. The highest BCUT2D eigenvalue weighted by Gasteiger charge is 2.57. The Bertz CT molecular complexity index is 674. The molecule has 0 spiro atoms. The van der Waals surface area contributed by atoms with Crippen LogP contribution in [0.5, 0.6) is 0 Å². The molecule has 118 valence electrons. The standard InChI is InChI=1S/C10H10F4N2O4S/c1-9(8(17)18,10(12,13)14)16-7-3-2-5(4-6(7)11)21(15,19)20/h2-4,16H,1H3,(H,17,18)(H2,15,19,20). The second-order valence-corrected chi connectivity index (χ2v) is 5.80. The van der Waals surface area contributed by atoms with E-state index in [1.54, 1.807) is 0 Å². The minimum Gasteiger partial charge on any atom is -0.479 e. The molecule has 1 atom stereocenters. The van der Waals surface area contributed by atoms with E-state index in [1.807, 2.05) is 0 Å². The summed E-state index contributed by atoms with van der Waals surface area (Å²) in [6.07, 6.45) is -5.22. The Kier molecular flexibility index (Phi) is 4.21. The predicted octanol–water partition coefficient (Wildman–Crippen LogP) is 1.29. The van der Waals surface area contributed by atoms with Gasteiger partial charge >= 0.3 is 12.1 Å². The lowest BCUT2D eigenvalue weighted by molar-refractivity contribution is -0.192. The van der Waals surface area contributed by atoms with Gasteiger partial charge in [-0.2, -0.15) is 13.2 Å². The van der Waals surface area contributed by atoms with Crippen molar-refractivity contribution in [3.8, 4) is 0 Å². The van der Waals surface area contributed by atoms with Gasteiger partial charge in [0.25, 0.3) is 0 Å². The third kappa shape index (κ3) is 3.42. The van der Waals surface area contributed by atoms with Crippen molar-refractivity contribution < 1.29 is 35.9 Å². The van der Waals surface area contributed by atoms with E-state index in [0.29, 0.717) is 19.1 Å². The van der Waals surface area contributed by atoms with E-state index in [9.17, 15) is 30.8 Å². The summed E-state index contributed by atoms with van der Waals surface area (Å²) in [7, 11) is -4.24. The summed E-state index contributed by atoms with van der Waals surface area (Å²) < 4.78 is 73.8. The fourth-order valence-corrected chi connectivity index (χ4v) is 1.81. The normalized spacial score (nSPS) is 15.3. The highest BCUT2D eigenvalue weighted by atomic mass is 32.2. The number of hydrogen-bond donors (Lipinski definition) is 3. The SMILES string of the molecule is CC(Nc1ccc(S(N)(=O)=O)cc1F)(C(=O)O)C(F)(F)F. The summed E-state index contributed by atoms with van der Waals surface area (Å²) in [5.41, 5.74) is -4.28. The van der Waals surface area contributed by atoms with Gasteiger partial charge in [0, 0.05) is 0 Å². The monoisotopic (exact) mass is 330 g/mol. The van der Waals surface area contributed by atoms with Crippen molar-refractivity contribution in [2.75, 3.05) is 5.32 Å². The van der Waals surface area contributed by atoms with E-state index in [-0.39, 0.29) is 0 Å². The number of nitrogens with two attached hydrogens (primary N) is 1. The average molecular weight is 330 g/mol. The number of carboxylic acid groups (broad SMARTS) is 1. The molecule has 0 radical (unpaired) electrons. The van der Waals surface area contributed by atoms with Gasteiger partial charge < -0.3 is 10.4 Å². The van der Waals surface area contributed by atoms with Gasteiger partial charge in [-0.25, -0.2) is 22.7 Å². The molecule has 0 aliphatic rings. The molecule has 1 aromatic rings. The molecule has 0 amide bonds. The first-order valence-corrected chi connectivity index (χ1v) is 6.74. The van der Waals surface area contributed by atoms with E-state index in [2.05, 4.69) is 0 Å². The van der Waals surface area contributed by atoms with Crippen LogP contribution >= 0.6 is 0 Å². The maximum absolute atomic E-state index is 13.6. The van der Waals surface area contributed by atoms with Gasteiger partial charge in [-0.1, -0.05) is 0 Å². The maximum atomic E-state index is 13.6. The molecule has 6 nitrogen and oxygen atoms in total.